The first-order valence-corrected chi connectivity index (χ1v) is 14.0. The molecule has 208 valence electrons. The third kappa shape index (κ3) is 6.88. The Morgan fingerprint density at radius 1 is 1.05 bits per heavy atom. The number of benzene rings is 2. The summed E-state index contributed by atoms with van der Waals surface area (Å²) in [6.07, 6.45) is 1.02. The Morgan fingerprint density at radius 3 is 2.24 bits per heavy atom. The zero-order valence-corrected chi connectivity index (χ0v) is 24.5. The van der Waals surface area contributed by atoms with Crippen LogP contribution in [0.15, 0.2) is 64.0 Å². The van der Waals surface area contributed by atoms with Crippen molar-refractivity contribution in [2.75, 3.05) is 38.1 Å². The van der Waals surface area contributed by atoms with Crippen molar-refractivity contribution in [2.24, 2.45) is 4.99 Å². The van der Waals surface area contributed by atoms with Gasteiger partial charge in [-0.25, -0.2) is 5.43 Å². The van der Waals surface area contributed by atoms with Crippen LogP contribution in [0.25, 0.3) is 11.0 Å². The number of aliphatic imine (C=N–C) groups is 1. The number of phenols is 1. The highest BCUT2D eigenvalue weighted by molar-refractivity contribution is 5.90. The molecule has 2 aromatic carbocycles. The van der Waals surface area contributed by atoms with Crippen LogP contribution in [0.2, 0.25) is 0 Å². The number of aromatic hydroxyl groups is 1. The Labute approximate surface area is 229 Å². The highest BCUT2D eigenvalue weighted by Gasteiger charge is 2.38. The Balaban J connectivity index is 0.00000195. The van der Waals surface area contributed by atoms with Crippen LogP contribution in [0.1, 0.15) is 66.7 Å². The van der Waals surface area contributed by atoms with E-state index in [1.54, 1.807) is 12.1 Å². The van der Waals surface area contributed by atoms with E-state index in [0.717, 1.165) is 60.9 Å². The maximum absolute atomic E-state index is 9.68. The minimum atomic E-state index is -0.184. The number of para-hydroxylation sites is 1. The number of nitrogens with zero attached hydrogens (tertiary/aromatic N) is 4. The van der Waals surface area contributed by atoms with Crippen LogP contribution in [-0.4, -0.2) is 65.7 Å². The summed E-state index contributed by atoms with van der Waals surface area (Å²) >= 11 is 0. The molecule has 4 rings (SSSR count). The van der Waals surface area contributed by atoms with E-state index in [9.17, 15) is 5.11 Å². The summed E-state index contributed by atoms with van der Waals surface area (Å²) in [5, 5.41) is 13.0. The minimum absolute atomic E-state index is 0.125. The molecule has 1 fully saturated rings. The molecule has 1 aliphatic rings. The summed E-state index contributed by atoms with van der Waals surface area (Å²) < 4.78 is 6.47. The molecule has 7 nitrogen and oxygen atoms in total. The van der Waals surface area contributed by atoms with Crippen molar-refractivity contribution in [3.05, 3.63) is 60.4 Å². The van der Waals surface area contributed by atoms with Gasteiger partial charge >= 0.3 is 0 Å². The lowest BCUT2D eigenvalue weighted by Gasteiger charge is -2.46. The largest absolute Gasteiger partial charge is 0.508 e. The molecule has 7 heteroatoms. The van der Waals surface area contributed by atoms with E-state index in [1.807, 2.05) is 51.2 Å². The number of furan rings is 1. The third-order valence-electron chi connectivity index (χ3n) is 6.94. The van der Waals surface area contributed by atoms with Gasteiger partial charge in [-0.2, -0.15) is 0 Å². The number of hydrogen-bond acceptors (Lipinski definition) is 6. The van der Waals surface area contributed by atoms with Crippen LogP contribution >= 0.6 is 0 Å². The zero-order chi connectivity index (χ0) is 27.9. The lowest BCUT2D eigenvalue weighted by molar-refractivity contribution is 0.117. The van der Waals surface area contributed by atoms with Gasteiger partial charge in [0.25, 0.3) is 0 Å². The average molecular weight is 522 g/mol. The molecule has 1 aromatic heterocycles. The quantitative estimate of drug-likeness (QED) is 0.211. The van der Waals surface area contributed by atoms with Crippen LogP contribution in [0.5, 0.6) is 5.75 Å². The molecular formula is C31H47N5O2. The molecule has 1 saturated heterocycles. The van der Waals surface area contributed by atoms with Crippen molar-refractivity contribution in [2.45, 2.75) is 72.5 Å². The molecule has 3 aromatic rings. The summed E-state index contributed by atoms with van der Waals surface area (Å²) in [4.78, 5) is 9.74. The van der Waals surface area contributed by atoms with Gasteiger partial charge in [0.15, 0.2) is 0 Å². The number of hydrazine groups is 1. The molecule has 0 amide bonds. The minimum Gasteiger partial charge on any atom is -0.508 e. The van der Waals surface area contributed by atoms with Crippen molar-refractivity contribution in [1.82, 2.24) is 15.3 Å². The summed E-state index contributed by atoms with van der Waals surface area (Å²) in [5.41, 5.74) is 5.56. The van der Waals surface area contributed by atoms with Gasteiger partial charge in [0.05, 0.1) is 0 Å². The number of phenolic OH excluding ortho intramolecular Hbond substituents is 1. The van der Waals surface area contributed by atoms with Gasteiger partial charge in [-0.15, -0.1) is 0 Å². The predicted molar refractivity (Wildman–Crippen MR) is 160 cm³/mol. The molecule has 0 radical (unpaired) electrons. The van der Waals surface area contributed by atoms with Gasteiger partial charge in [0, 0.05) is 55.9 Å². The van der Waals surface area contributed by atoms with E-state index in [4.69, 9.17) is 9.41 Å². The van der Waals surface area contributed by atoms with Crippen molar-refractivity contribution in [3.63, 3.8) is 0 Å². The topological polar surface area (TPSA) is 67.5 Å². The van der Waals surface area contributed by atoms with Crippen LogP contribution in [0, 0.1) is 0 Å². The van der Waals surface area contributed by atoms with E-state index in [0.29, 0.717) is 11.8 Å². The Kier molecular flexibility index (Phi) is 10.2. The zero-order valence-electron chi connectivity index (χ0n) is 24.5. The van der Waals surface area contributed by atoms with Crippen LogP contribution in [0.3, 0.4) is 0 Å². The average Bonchev–Trinajstić information content (AvgIpc) is 3.35. The van der Waals surface area contributed by atoms with Gasteiger partial charge in [0.2, 0.25) is 0 Å². The Hall–Kier alpha value is -3.03. The van der Waals surface area contributed by atoms with Gasteiger partial charge in [0.1, 0.15) is 29.0 Å². The van der Waals surface area contributed by atoms with E-state index in [1.165, 1.54) is 0 Å². The standard InChI is InChI=1S/C29H41N5O2.C2H6/c1-7-21(2)31-34(29(3,4)5)28(30-6)27(26-20-22-10-8-9-11-25(22)36-26)33-18-16-32(17-19-33)23-12-14-24(35)15-13-23;1-2/h8-15,20-21,27,31,35H,7,16-19H2,1-6H3;1-2H3/t21-,27?;/m0./s1. The fourth-order valence-corrected chi connectivity index (χ4v) is 4.77. The number of hydrogen-bond donors (Lipinski definition) is 2. The monoisotopic (exact) mass is 521 g/mol. The maximum atomic E-state index is 9.68. The molecule has 0 aliphatic carbocycles. The number of fused-ring (bicyclic) bond motifs is 1. The van der Waals surface area contributed by atoms with E-state index < -0.39 is 0 Å². The van der Waals surface area contributed by atoms with Crippen molar-refractivity contribution < 1.29 is 9.52 Å². The maximum Gasteiger partial charge on any atom is 0.139 e. The molecule has 2 N–H and O–H groups in total. The highest BCUT2D eigenvalue weighted by Crippen LogP contribution is 2.33. The van der Waals surface area contributed by atoms with E-state index in [-0.39, 0.29) is 11.6 Å². The van der Waals surface area contributed by atoms with Gasteiger partial charge in [-0.1, -0.05) is 39.0 Å². The summed E-state index contributed by atoms with van der Waals surface area (Å²) in [6.45, 7) is 18.5. The van der Waals surface area contributed by atoms with Crippen molar-refractivity contribution >= 4 is 22.5 Å². The lowest BCUT2D eigenvalue weighted by atomic mass is 10.0. The number of amidine groups is 1. The fourth-order valence-electron chi connectivity index (χ4n) is 4.77. The normalized spacial score (nSPS) is 16.6. The summed E-state index contributed by atoms with van der Waals surface area (Å²) in [7, 11) is 1.88. The first-order valence-electron chi connectivity index (χ1n) is 14.0. The second-order valence-electron chi connectivity index (χ2n) is 10.7. The molecular weight excluding hydrogens is 474 g/mol. The SMILES string of the molecule is CC.CC[C@H](C)NN(C(=NC)C(c1cc2ccccc2o1)N1CCN(c2ccc(O)cc2)CC1)C(C)(C)C. The molecule has 0 saturated carbocycles. The fraction of sp³-hybridized carbons (Fsp3) is 0.516. The van der Waals surface area contributed by atoms with Crippen molar-refractivity contribution in [3.8, 4) is 5.75 Å². The van der Waals surface area contributed by atoms with Gasteiger partial charge < -0.3 is 14.4 Å². The Bertz CT molecular complexity index is 1120. The predicted octanol–water partition coefficient (Wildman–Crippen LogP) is 6.46. The number of piperazine rings is 1. The van der Waals surface area contributed by atoms with Gasteiger partial charge in [-0.3, -0.25) is 14.9 Å². The lowest BCUT2D eigenvalue weighted by Crippen LogP contribution is -2.60. The molecule has 2 heterocycles. The molecule has 0 spiro atoms. The number of anilines is 1. The smallest absolute Gasteiger partial charge is 0.139 e. The highest BCUT2D eigenvalue weighted by atomic mass is 16.3. The van der Waals surface area contributed by atoms with E-state index in [2.05, 4.69) is 67.0 Å². The second-order valence-corrected chi connectivity index (χ2v) is 10.7. The molecule has 38 heavy (non-hydrogen) atoms. The summed E-state index contributed by atoms with van der Waals surface area (Å²) in [5.74, 6) is 2.16. The van der Waals surface area contributed by atoms with E-state index >= 15 is 0 Å². The molecule has 2 atom stereocenters. The second kappa shape index (κ2) is 13.2. The van der Waals surface area contributed by atoms with Crippen LogP contribution < -0.4 is 10.3 Å². The third-order valence-corrected chi connectivity index (χ3v) is 6.94. The van der Waals surface area contributed by atoms with Gasteiger partial charge in [-0.05, 0) is 70.5 Å². The number of rotatable bonds is 7. The first kappa shape index (κ1) is 29.5. The van der Waals surface area contributed by atoms with Crippen molar-refractivity contribution in [1.29, 1.82) is 0 Å². The molecule has 0 bridgehead atoms. The number of nitrogens with one attached hydrogen (secondary N) is 1. The van der Waals surface area contributed by atoms with Crippen LogP contribution in [-0.2, 0) is 0 Å². The van der Waals surface area contributed by atoms with Crippen LogP contribution in [0.4, 0.5) is 5.69 Å². The first-order chi connectivity index (χ1) is 18.2. The molecule has 1 unspecified atom stereocenters. The molecule has 1 aliphatic heterocycles. The summed E-state index contributed by atoms with van der Waals surface area (Å²) in [6, 6.07) is 18.0. The Morgan fingerprint density at radius 2 is 1.68 bits per heavy atom.